The summed E-state index contributed by atoms with van der Waals surface area (Å²) in [6.45, 7) is 1.78. The van der Waals surface area contributed by atoms with E-state index < -0.39 is 0 Å². The molecule has 1 saturated heterocycles. The maximum absolute atomic E-state index is 13.1. The maximum atomic E-state index is 13.1. The number of carbonyl (C=O) groups excluding carboxylic acids is 1. The molecule has 4 rings (SSSR count). The van der Waals surface area contributed by atoms with Crippen LogP contribution < -0.4 is 9.47 Å². The molecule has 0 aromatic heterocycles. The molecule has 1 fully saturated rings. The van der Waals surface area contributed by atoms with E-state index in [1.165, 1.54) is 0 Å². The van der Waals surface area contributed by atoms with Gasteiger partial charge in [0.1, 0.15) is 18.1 Å². The van der Waals surface area contributed by atoms with Gasteiger partial charge in [0.25, 0.3) is 5.91 Å². The van der Waals surface area contributed by atoms with E-state index in [-0.39, 0.29) is 12.0 Å². The SMILES string of the molecule is COc1ccc2cc(CN(C)C(=O)c3ccccc3OCC3CCCO3)ccc2c1. The van der Waals surface area contributed by atoms with Crippen molar-refractivity contribution in [1.82, 2.24) is 4.90 Å². The molecule has 156 valence electrons. The molecule has 3 aromatic rings. The van der Waals surface area contributed by atoms with Gasteiger partial charge in [-0.25, -0.2) is 0 Å². The Kier molecular flexibility index (Phi) is 6.19. The van der Waals surface area contributed by atoms with Crippen LogP contribution in [0.4, 0.5) is 0 Å². The first kappa shape index (κ1) is 20.2. The van der Waals surface area contributed by atoms with Crippen LogP contribution in [-0.2, 0) is 11.3 Å². The predicted molar refractivity (Wildman–Crippen MR) is 117 cm³/mol. The van der Waals surface area contributed by atoms with Gasteiger partial charge < -0.3 is 19.1 Å². The fourth-order valence-corrected chi connectivity index (χ4v) is 3.78. The summed E-state index contributed by atoms with van der Waals surface area (Å²) < 4.78 is 16.8. The van der Waals surface area contributed by atoms with Crippen molar-refractivity contribution in [2.45, 2.75) is 25.5 Å². The molecule has 0 aliphatic carbocycles. The van der Waals surface area contributed by atoms with E-state index >= 15 is 0 Å². The number of nitrogens with zero attached hydrogens (tertiary/aromatic N) is 1. The summed E-state index contributed by atoms with van der Waals surface area (Å²) in [5.74, 6) is 1.38. The van der Waals surface area contributed by atoms with Gasteiger partial charge in [0.2, 0.25) is 0 Å². The second kappa shape index (κ2) is 9.18. The summed E-state index contributed by atoms with van der Waals surface area (Å²) in [6, 6.07) is 19.6. The van der Waals surface area contributed by atoms with Crippen LogP contribution in [0.2, 0.25) is 0 Å². The van der Waals surface area contributed by atoms with Crippen molar-refractivity contribution in [2.75, 3.05) is 27.4 Å². The molecule has 1 amide bonds. The molecule has 0 bridgehead atoms. The van der Waals surface area contributed by atoms with E-state index in [1.807, 2.05) is 55.6 Å². The molecule has 3 aromatic carbocycles. The molecule has 5 heteroatoms. The average molecular weight is 405 g/mol. The van der Waals surface area contributed by atoms with Gasteiger partial charge in [-0.1, -0.05) is 30.3 Å². The summed E-state index contributed by atoms with van der Waals surface area (Å²) in [5, 5.41) is 2.23. The lowest BCUT2D eigenvalue weighted by molar-refractivity contribution is 0.0656. The number of carbonyl (C=O) groups is 1. The number of fused-ring (bicyclic) bond motifs is 1. The van der Waals surface area contributed by atoms with Crippen LogP contribution in [0.15, 0.2) is 60.7 Å². The van der Waals surface area contributed by atoms with Crippen LogP contribution >= 0.6 is 0 Å². The second-order valence-electron chi connectivity index (χ2n) is 7.65. The summed E-state index contributed by atoms with van der Waals surface area (Å²) in [7, 11) is 3.48. The molecule has 0 spiro atoms. The second-order valence-corrected chi connectivity index (χ2v) is 7.65. The zero-order valence-corrected chi connectivity index (χ0v) is 17.5. The minimum Gasteiger partial charge on any atom is -0.497 e. The molecule has 1 heterocycles. The minimum absolute atomic E-state index is 0.0623. The van der Waals surface area contributed by atoms with E-state index in [4.69, 9.17) is 14.2 Å². The predicted octanol–water partition coefficient (Wildman–Crippen LogP) is 4.68. The summed E-state index contributed by atoms with van der Waals surface area (Å²) in [4.78, 5) is 14.8. The average Bonchev–Trinajstić information content (AvgIpc) is 3.30. The molecule has 5 nitrogen and oxygen atoms in total. The molecule has 1 aliphatic heterocycles. The summed E-state index contributed by atoms with van der Waals surface area (Å²) >= 11 is 0. The molecule has 0 radical (unpaired) electrons. The largest absolute Gasteiger partial charge is 0.497 e. The lowest BCUT2D eigenvalue weighted by atomic mass is 10.1. The van der Waals surface area contributed by atoms with E-state index in [1.54, 1.807) is 12.0 Å². The van der Waals surface area contributed by atoms with Crippen molar-refractivity contribution in [3.05, 3.63) is 71.8 Å². The van der Waals surface area contributed by atoms with Crippen LogP contribution in [-0.4, -0.2) is 44.3 Å². The van der Waals surface area contributed by atoms with Crippen LogP contribution in [0.1, 0.15) is 28.8 Å². The third-order valence-corrected chi connectivity index (χ3v) is 5.44. The Bertz CT molecular complexity index is 1030. The van der Waals surface area contributed by atoms with Crippen LogP contribution in [0.25, 0.3) is 10.8 Å². The highest BCUT2D eigenvalue weighted by Gasteiger charge is 2.20. The number of amides is 1. The third-order valence-electron chi connectivity index (χ3n) is 5.44. The van der Waals surface area contributed by atoms with Crippen molar-refractivity contribution < 1.29 is 19.0 Å². The van der Waals surface area contributed by atoms with Gasteiger partial charge in [-0.2, -0.15) is 0 Å². The number of benzene rings is 3. The van der Waals surface area contributed by atoms with Crippen LogP contribution in [0.3, 0.4) is 0 Å². The Morgan fingerprint density at radius 3 is 2.70 bits per heavy atom. The number of ether oxygens (including phenoxy) is 3. The van der Waals surface area contributed by atoms with Crippen molar-refractivity contribution in [2.24, 2.45) is 0 Å². The van der Waals surface area contributed by atoms with Crippen molar-refractivity contribution in [1.29, 1.82) is 0 Å². The van der Waals surface area contributed by atoms with Crippen molar-refractivity contribution in [3.63, 3.8) is 0 Å². The molecular formula is C25H27NO4. The summed E-state index contributed by atoms with van der Waals surface area (Å²) in [6.07, 6.45) is 2.18. The Morgan fingerprint density at radius 1 is 1.10 bits per heavy atom. The first-order chi connectivity index (χ1) is 14.6. The first-order valence-electron chi connectivity index (χ1n) is 10.3. The minimum atomic E-state index is -0.0623. The van der Waals surface area contributed by atoms with Gasteiger partial charge in [0.15, 0.2) is 0 Å². The standard InChI is InChI=1S/C25H27NO4/c1-26(16-18-9-10-20-15-21(28-2)12-11-19(20)14-18)25(27)23-7-3-4-8-24(23)30-17-22-6-5-13-29-22/h3-4,7-12,14-15,22H,5-6,13,16-17H2,1-2H3. The molecule has 1 unspecified atom stereocenters. The smallest absolute Gasteiger partial charge is 0.257 e. The number of hydrogen-bond donors (Lipinski definition) is 0. The van der Waals surface area contributed by atoms with Gasteiger partial charge >= 0.3 is 0 Å². The van der Waals surface area contributed by atoms with Gasteiger partial charge in [-0.05, 0) is 59.5 Å². The third kappa shape index (κ3) is 4.57. The van der Waals surface area contributed by atoms with Crippen molar-refractivity contribution in [3.8, 4) is 11.5 Å². The molecular weight excluding hydrogens is 378 g/mol. The van der Waals surface area contributed by atoms with Crippen LogP contribution in [0, 0.1) is 0 Å². The summed E-state index contributed by atoms with van der Waals surface area (Å²) in [5.41, 5.74) is 1.64. The van der Waals surface area contributed by atoms with E-state index in [9.17, 15) is 4.79 Å². The van der Waals surface area contributed by atoms with Gasteiger partial charge in [-0.3, -0.25) is 4.79 Å². The lowest BCUT2D eigenvalue weighted by Crippen LogP contribution is -2.27. The van der Waals surface area contributed by atoms with E-state index in [2.05, 4.69) is 12.1 Å². The molecule has 30 heavy (non-hydrogen) atoms. The van der Waals surface area contributed by atoms with Gasteiger partial charge in [0.05, 0.1) is 18.8 Å². The topological polar surface area (TPSA) is 48.0 Å². The number of hydrogen-bond acceptors (Lipinski definition) is 4. The highest BCUT2D eigenvalue weighted by molar-refractivity contribution is 5.96. The number of rotatable bonds is 7. The Labute approximate surface area is 177 Å². The quantitative estimate of drug-likeness (QED) is 0.573. The number of para-hydroxylation sites is 1. The number of methoxy groups -OCH3 is 1. The van der Waals surface area contributed by atoms with Gasteiger partial charge in [0, 0.05) is 20.2 Å². The highest BCUT2D eigenvalue weighted by atomic mass is 16.5. The molecule has 1 aliphatic rings. The monoisotopic (exact) mass is 405 g/mol. The fraction of sp³-hybridized carbons (Fsp3) is 0.320. The van der Waals surface area contributed by atoms with E-state index in [0.717, 1.165) is 41.5 Å². The first-order valence-corrected chi connectivity index (χ1v) is 10.3. The maximum Gasteiger partial charge on any atom is 0.257 e. The fourth-order valence-electron chi connectivity index (χ4n) is 3.78. The zero-order chi connectivity index (χ0) is 20.9. The lowest BCUT2D eigenvalue weighted by Gasteiger charge is -2.20. The molecule has 0 saturated carbocycles. The zero-order valence-electron chi connectivity index (χ0n) is 17.5. The van der Waals surface area contributed by atoms with Gasteiger partial charge in [-0.15, -0.1) is 0 Å². The van der Waals surface area contributed by atoms with E-state index in [0.29, 0.717) is 24.5 Å². The van der Waals surface area contributed by atoms with Crippen LogP contribution in [0.5, 0.6) is 11.5 Å². The highest BCUT2D eigenvalue weighted by Crippen LogP contribution is 2.24. The molecule has 0 N–H and O–H groups in total. The normalized spacial score (nSPS) is 15.9. The Hall–Kier alpha value is -3.05. The Morgan fingerprint density at radius 2 is 1.90 bits per heavy atom. The van der Waals surface area contributed by atoms with Crippen molar-refractivity contribution >= 4 is 16.7 Å². The Balaban J connectivity index is 1.46. The molecule has 1 atom stereocenters.